The number of hydrogen-bond donors (Lipinski definition) is 0. The minimum atomic E-state index is -0.540. The minimum Gasteiger partial charge on any atom is -0.491 e. The molecule has 0 aromatic carbocycles. The predicted molar refractivity (Wildman–Crippen MR) is 132 cm³/mol. The van der Waals surface area contributed by atoms with E-state index in [1.54, 1.807) is 23.2 Å². The molecule has 10 heteroatoms. The van der Waals surface area contributed by atoms with Crippen LogP contribution in [0.5, 0.6) is 5.75 Å². The third-order valence-corrected chi connectivity index (χ3v) is 5.66. The average Bonchev–Trinajstić information content (AvgIpc) is 3.20. The van der Waals surface area contributed by atoms with Crippen molar-refractivity contribution in [1.82, 2.24) is 24.4 Å². The smallest absolute Gasteiger partial charge is 0.410 e. The first kappa shape index (κ1) is 24.3. The number of nitriles is 1. The summed E-state index contributed by atoms with van der Waals surface area (Å²) >= 11 is 0. The topological polar surface area (TPSA) is 109 Å². The van der Waals surface area contributed by atoms with E-state index in [9.17, 15) is 10.1 Å². The molecule has 0 spiro atoms. The molecule has 4 heterocycles. The maximum absolute atomic E-state index is 12.6. The Bertz CT molecular complexity index is 1260. The van der Waals surface area contributed by atoms with Gasteiger partial charge >= 0.3 is 6.09 Å². The first-order valence-corrected chi connectivity index (χ1v) is 11.8. The molecule has 35 heavy (non-hydrogen) atoms. The number of amides is 1. The van der Waals surface area contributed by atoms with Crippen LogP contribution >= 0.6 is 0 Å². The molecule has 4 rings (SSSR count). The van der Waals surface area contributed by atoms with E-state index in [4.69, 9.17) is 9.47 Å². The van der Waals surface area contributed by atoms with E-state index in [2.05, 4.69) is 32.8 Å². The van der Waals surface area contributed by atoms with Crippen molar-refractivity contribution in [2.24, 2.45) is 0 Å². The lowest BCUT2D eigenvalue weighted by molar-refractivity contribution is 0.0218. The maximum Gasteiger partial charge on any atom is 0.410 e. The highest BCUT2D eigenvalue weighted by Gasteiger charge is 2.32. The number of pyridine rings is 1. The van der Waals surface area contributed by atoms with Gasteiger partial charge in [0.05, 0.1) is 24.4 Å². The molecule has 1 aliphatic heterocycles. The van der Waals surface area contributed by atoms with Crippen LogP contribution in [0.4, 0.5) is 10.6 Å². The second-order valence-electron chi connectivity index (χ2n) is 9.59. The largest absolute Gasteiger partial charge is 0.491 e. The zero-order chi connectivity index (χ0) is 25.2. The normalized spacial score (nSPS) is 16.3. The zero-order valence-electron chi connectivity index (χ0n) is 20.9. The summed E-state index contributed by atoms with van der Waals surface area (Å²) in [7, 11) is 0. The molecule has 1 amide bonds. The van der Waals surface area contributed by atoms with Crippen molar-refractivity contribution in [2.45, 2.75) is 52.7 Å². The number of hydrogen-bond acceptors (Lipinski definition) is 8. The Labute approximate surface area is 205 Å². The lowest BCUT2D eigenvalue weighted by atomic mass is 10.1. The van der Waals surface area contributed by atoms with Gasteiger partial charge in [-0.25, -0.2) is 19.7 Å². The Hall–Kier alpha value is -3.87. The third-order valence-electron chi connectivity index (χ3n) is 5.66. The van der Waals surface area contributed by atoms with Crippen molar-refractivity contribution in [3.8, 4) is 17.6 Å². The van der Waals surface area contributed by atoms with Gasteiger partial charge in [-0.2, -0.15) is 5.26 Å². The molecule has 1 atom stereocenters. The Morgan fingerprint density at radius 1 is 1.26 bits per heavy atom. The molecule has 0 N–H and O–H groups in total. The first-order chi connectivity index (χ1) is 16.7. The quantitative estimate of drug-likeness (QED) is 0.544. The highest BCUT2D eigenvalue weighted by Crippen LogP contribution is 2.36. The van der Waals surface area contributed by atoms with Gasteiger partial charge in [0.25, 0.3) is 0 Å². The second kappa shape index (κ2) is 9.78. The number of fused-ring (bicyclic) bond motifs is 1. The average molecular weight is 478 g/mol. The Morgan fingerprint density at radius 3 is 2.74 bits per heavy atom. The fourth-order valence-corrected chi connectivity index (χ4v) is 4.11. The number of aromatic nitrogens is 4. The van der Waals surface area contributed by atoms with Crippen LogP contribution in [0.15, 0.2) is 30.9 Å². The molecule has 1 fully saturated rings. The highest BCUT2D eigenvalue weighted by molar-refractivity contribution is 5.95. The maximum atomic E-state index is 12.6. The predicted octanol–water partition coefficient (Wildman–Crippen LogP) is 3.92. The van der Waals surface area contributed by atoms with Crippen LogP contribution in [0, 0.1) is 11.3 Å². The molecule has 3 aromatic heterocycles. The lowest BCUT2D eigenvalue weighted by Crippen LogP contribution is -2.54. The van der Waals surface area contributed by atoms with Gasteiger partial charge in [-0.15, -0.1) is 0 Å². The Morgan fingerprint density at radius 2 is 2.06 bits per heavy atom. The van der Waals surface area contributed by atoms with Crippen molar-refractivity contribution in [3.63, 3.8) is 0 Å². The second-order valence-corrected chi connectivity index (χ2v) is 9.59. The Balaban J connectivity index is 1.71. The molecule has 184 valence electrons. The van der Waals surface area contributed by atoms with Crippen LogP contribution in [0.2, 0.25) is 0 Å². The molecule has 3 aromatic rings. The highest BCUT2D eigenvalue weighted by atomic mass is 16.6. The van der Waals surface area contributed by atoms with E-state index in [1.165, 1.54) is 6.33 Å². The molecule has 0 bridgehead atoms. The van der Waals surface area contributed by atoms with E-state index < -0.39 is 5.60 Å². The fraction of sp³-hybridized carbons (Fsp3) is 0.480. The summed E-state index contributed by atoms with van der Waals surface area (Å²) in [6.45, 7) is 11.9. The van der Waals surface area contributed by atoms with Crippen molar-refractivity contribution in [2.75, 3.05) is 31.1 Å². The van der Waals surface area contributed by atoms with Crippen LogP contribution in [0.25, 0.3) is 16.9 Å². The van der Waals surface area contributed by atoms with E-state index in [0.717, 1.165) is 17.6 Å². The van der Waals surface area contributed by atoms with Crippen LogP contribution in [0.3, 0.4) is 0 Å². The SMILES string of the molecule is CCCOc1cn(-c2cc(C#N)ccn2)c2ncnc(N3CCN(C(=O)OC(C)(C)C)C[C@@H]3C)c12. The van der Waals surface area contributed by atoms with Gasteiger partial charge in [0.1, 0.15) is 29.0 Å². The number of piperazine rings is 1. The number of carbonyl (C=O) groups is 1. The summed E-state index contributed by atoms with van der Waals surface area (Å²) in [5.41, 5.74) is 0.612. The molecular weight excluding hydrogens is 446 g/mol. The van der Waals surface area contributed by atoms with Gasteiger partial charge in [-0.05, 0) is 46.2 Å². The van der Waals surface area contributed by atoms with Gasteiger partial charge in [-0.1, -0.05) is 6.92 Å². The van der Waals surface area contributed by atoms with Gasteiger partial charge < -0.3 is 19.3 Å². The van der Waals surface area contributed by atoms with Gasteiger partial charge in [-0.3, -0.25) is 4.57 Å². The van der Waals surface area contributed by atoms with Crippen molar-refractivity contribution >= 4 is 22.9 Å². The number of carbonyl (C=O) groups excluding carboxylic acids is 1. The van der Waals surface area contributed by atoms with E-state index in [-0.39, 0.29) is 12.1 Å². The minimum absolute atomic E-state index is 0.00298. The molecule has 0 saturated carbocycles. The van der Waals surface area contributed by atoms with Crippen molar-refractivity contribution in [1.29, 1.82) is 5.26 Å². The monoisotopic (exact) mass is 477 g/mol. The molecule has 0 unspecified atom stereocenters. The van der Waals surface area contributed by atoms with Crippen LogP contribution < -0.4 is 9.64 Å². The number of nitrogens with zero attached hydrogens (tertiary/aromatic N) is 7. The van der Waals surface area contributed by atoms with Gasteiger partial charge in [0.15, 0.2) is 11.4 Å². The standard InChI is InChI=1S/C25H31N7O3/c1-6-11-34-19-15-32(20-12-18(13-26)7-8-27-20)23-21(19)22(28-16-29-23)31-10-9-30(14-17(31)2)24(33)35-25(3,4)5/h7-8,12,15-17H,6,9-11,14H2,1-5H3/t17-/m0/s1. The first-order valence-electron chi connectivity index (χ1n) is 11.8. The molecule has 0 aliphatic carbocycles. The summed E-state index contributed by atoms with van der Waals surface area (Å²) < 4.78 is 13.5. The molecule has 0 radical (unpaired) electrons. The summed E-state index contributed by atoms with van der Waals surface area (Å²) in [6.07, 6.45) is 5.52. The molecule has 1 saturated heterocycles. The summed E-state index contributed by atoms with van der Waals surface area (Å²) in [5.74, 6) is 1.98. The zero-order valence-corrected chi connectivity index (χ0v) is 20.9. The summed E-state index contributed by atoms with van der Waals surface area (Å²) in [5, 5.41) is 10.1. The van der Waals surface area contributed by atoms with Crippen LogP contribution in [0.1, 0.15) is 46.6 Å². The number of ether oxygens (including phenoxy) is 2. The third kappa shape index (κ3) is 5.14. The molecule has 1 aliphatic rings. The van der Waals surface area contributed by atoms with Crippen LogP contribution in [-0.4, -0.2) is 68.4 Å². The van der Waals surface area contributed by atoms with Gasteiger partial charge in [0, 0.05) is 31.9 Å². The molecule has 10 nitrogen and oxygen atoms in total. The van der Waals surface area contributed by atoms with Crippen LogP contribution in [-0.2, 0) is 4.74 Å². The van der Waals surface area contributed by atoms with Gasteiger partial charge in [0.2, 0.25) is 0 Å². The lowest BCUT2D eigenvalue weighted by Gasteiger charge is -2.41. The number of anilines is 1. The Kier molecular flexibility index (Phi) is 6.78. The van der Waals surface area contributed by atoms with E-state index >= 15 is 0 Å². The summed E-state index contributed by atoms with van der Waals surface area (Å²) in [4.78, 5) is 30.1. The van der Waals surface area contributed by atoms with E-state index in [1.807, 2.05) is 38.5 Å². The molecular formula is C25H31N7O3. The van der Waals surface area contributed by atoms with Crippen molar-refractivity contribution < 1.29 is 14.3 Å². The number of rotatable bonds is 5. The van der Waals surface area contributed by atoms with Crippen molar-refractivity contribution in [3.05, 3.63) is 36.4 Å². The fourth-order valence-electron chi connectivity index (χ4n) is 4.11. The summed E-state index contributed by atoms with van der Waals surface area (Å²) in [6, 6.07) is 5.53. The van der Waals surface area contributed by atoms with E-state index in [0.29, 0.717) is 49.0 Å².